The van der Waals surface area contributed by atoms with Crippen LogP contribution in [0.25, 0.3) is 0 Å². The average Bonchev–Trinajstić information content (AvgIpc) is 2.37. The molecule has 2 unspecified atom stereocenters. The summed E-state index contributed by atoms with van der Waals surface area (Å²) in [6, 6.07) is 1.34. The summed E-state index contributed by atoms with van der Waals surface area (Å²) in [6.07, 6.45) is 4.98. The van der Waals surface area contributed by atoms with Gasteiger partial charge in [0.2, 0.25) is 0 Å². The van der Waals surface area contributed by atoms with E-state index in [-0.39, 0.29) is 0 Å². The number of nitrogens with zero attached hydrogens (tertiary/aromatic N) is 1. The van der Waals surface area contributed by atoms with Crippen molar-refractivity contribution in [3.8, 4) is 0 Å². The lowest BCUT2D eigenvalue weighted by Gasteiger charge is -2.28. The van der Waals surface area contributed by atoms with Crippen molar-refractivity contribution in [1.29, 1.82) is 0 Å². The van der Waals surface area contributed by atoms with E-state index >= 15 is 0 Å². The van der Waals surface area contributed by atoms with Crippen LogP contribution in [0.15, 0.2) is 0 Å². The van der Waals surface area contributed by atoms with Gasteiger partial charge in [-0.05, 0) is 46.2 Å². The maximum Gasteiger partial charge on any atom is 0.0589 e. The predicted molar refractivity (Wildman–Crippen MR) is 75.6 cm³/mol. The van der Waals surface area contributed by atoms with Gasteiger partial charge in [0, 0.05) is 25.7 Å². The molecule has 0 aromatic rings. The van der Waals surface area contributed by atoms with E-state index in [0.29, 0.717) is 12.1 Å². The third-order valence-corrected chi connectivity index (χ3v) is 3.70. The van der Waals surface area contributed by atoms with Crippen molar-refractivity contribution in [2.45, 2.75) is 58.5 Å². The normalized spacial score (nSPS) is 15.2. The third-order valence-electron chi connectivity index (χ3n) is 3.70. The molecule has 0 saturated heterocycles. The molecule has 0 saturated carbocycles. The zero-order valence-corrected chi connectivity index (χ0v) is 12.5. The number of hydrogen-bond donors (Lipinski definition) is 1. The molecule has 0 aliphatic heterocycles. The summed E-state index contributed by atoms with van der Waals surface area (Å²) in [4.78, 5) is 2.55. The topological polar surface area (TPSA) is 24.5 Å². The highest BCUT2D eigenvalue weighted by molar-refractivity contribution is 4.68. The summed E-state index contributed by atoms with van der Waals surface area (Å²) in [5.41, 5.74) is 0. The second-order valence-electron chi connectivity index (χ2n) is 4.82. The first-order valence-electron chi connectivity index (χ1n) is 7.09. The second-order valence-corrected chi connectivity index (χ2v) is 4.82. The van der Waals surface area contributed by atoms with Crippen LogP contribution >= 0.6 is 0 Å². The molecule has 1 N–H and O–H groups in total. The van der Waals surface area contributed by atoms with Crippen molar-refractivity contribution in [2.75, 3.05) is 33.9 Å². The van der Waals surface area contributed by atoms with Gasteiger partial charge >= 0.3 is 0 Å². The van der Waals surface area contributed by atoms with E-state index in [1.54, 1.807) is 7.11 Å². The van der Waals surface area contributed by atoms with Gasteiger partial charge in [0.15, 0.2) is 0 Å². The molecule has 0 heterocycles. The number of ether oxygens (including phenoxy) is 1. The average molecular weight is 244 g/mol. The largest absolute Gasteiger partial charge is 0.383 e. The molecule has 0 rings (SSSR count). The van der Waals surface area contributed by atoms with Crippen LogP contribution < -0.4 is 5.32 Å². The van der Waals surface area contributed by atoms with Crippen LogP contribution in [0.1, 0.15) is 46.5 Å². The molecule has 3 heteroatoms. The molecular formula is C14H32N2O. The van der Waals surface area contributed by atoms with Gasteiger partial charge in [0.05, 0.1) is 6.61 Å². The van der Waals surface area contributed by atoms with E-state index < -0.39 is 0 Å². The molecule has 0 bridgehead atoms. The molecular weight excluding hydrogens is 212 g/mol. The maximum absolute atomic E-state index is 5.18. The minimum atomic E-state index is 0.666. The Kier molecular flexibility index (Phi) is 10.9. The predicted octanol–water partition coefficient (Wildman–Crippen LogP) is 2.51. The van der Waals surface area contributed by atoms with Crippen LogP contribution in [0, 0.1) is 0 Å². The zero-order valence-electron chi connectivity index (χ0n) is 12.5. The Morgan fingerprint density at radius 2 is 1.88 bits per heavy atom. The number of hydrogen-bond acceptors (Lipinski definition) is 3. The minimum Gasteiger partial charge on any atom is -0.383 e. The SMILES string of the molecule is CCC(CCCN(CCOC)C(C)CC)NC. The highest BCUT2D eigenvalue weighted by Crippen LogP contribution is 2.08. The summed E-state index contributed by atoms with van der Waals surface area (Å²) in [5.74, 6) is 0. The summed E-state index contributed by atoms with van der Waals surface area (Å²) in [7, 11) is 3.84. The Morgan fingerprint density at radius 3 is 2.35 bits per heavy atom. The van der Waals surface area contributed by atoms with Crippen LogP contribution in [0.5, 0.6) is 0 Å². The summed E-state index contributed by atoms with van der Waals surface area (Å²) in [6.45, 7) is 9.91. The van der Waals surface area contributed by atoms with E-state index in [9.17, 15) is 0 Å². The maximum atomic E-state index is 5.18. The Hall–Kier alpha value is -0.120. The fourth-order valence-electron chi connectivity index (χ4n) is 2.11. The standard InChI is InChI=1S/C14H32N2O/c1-6-13(3)16(11-12-17-5)10-8-9-14(7-2)15-4/h13-15H,6-12H2,1-5H3. The van der Waals surface area contributed by atoms with Gasteiger partial charge in [-0.25, -0.2) is 0 Å². The van der Waals surface area contributed by atoms with Crippen molar-refractivity contribution >= 4 is 0 Å². The van der Waals surface area contributed by atoms with Crippen molar-refractivity contribution < 1.29 is 4.74 Å². The molecule has 0 spiro atoms. The fraction of sp³-hybridized carbons (Fsp3) is 1.00. The van der Waals surface area contributed by atoms with E-state index in [1.165, 1.54) is 32.2 Å². The van der Waals surface area contributed by atoms with Gasteiger partial charge in [-0.2, -0.15) is 0 Å². The monoisotopic (exact) mass is 244 g/mol. The summed E-state index contributed by atoms with van der Waals surface area (Å²) < 4.78 is 5.18. The molecule has 2 atom stereocenters. The molecule has 0 aliphatic rings. The van der Waals surface area contributed by atoms with Gasteiger partial charge in [-0.1, -0.05) is 13.8 Å². The van der Waals surface area contributed by atoms with Crippen molar-refractivity contribution in [3.63, 3.8) is 0 Å². The molecule has 0 amide bonds. The highest BCUT2D eigenvalue weighted by atomic mass is 16.5. The van der Waals surface area contributed by atoms with Crippen molar-refractivity contribution in [2.24, 2.45) is 0 Å². The van der Waals surface area contributed by atoms with Crippen molar-refractivity contribution in [1.82, 2.24) is 10.2 Å². The lowest BCUT2D eigenvalue weighted by atomic mass is 10.1. The fourth-order valence-corrected chi connectivity index (χ4v) is 2.11. The molecule has 3 nitrogen and oxygen atoms in total. The second kappa shape index (κ2) is 11.0. The van der Waals surface area contributed by atoms with Gasteiger partial charge in [-0.15, -0.1) is 0 Å². The summed E-state index contributed by atoms with van der Waals surface area (Å²) >= 11 is 0. The Morgan fingerprint density at radius 1 is 1.18 bits per heavy atom. The Labute approximate surface area is 108 Å². The van der Waals surface area contributed by atoms with E-state index in [4.69, 9.17) is 4.74 Å². The number of rotatable bonds is 11. The lowest BCUT2D eigenvalue weighted by molar-refractivity contribution is 0.121. The number of methoxy groups -OCH3 is 1. The third kappa shape index (κ3) is 7.74. The first-order chi connectivity index (χ1) is 8.19. The summed E-state index contributed by atoms with van der Waals surface area (Å²) in [5, 5.41) is 3.37. The molecule has 0 aliphatic carbocycles. The van der Waals surface area contributed by atoms with Crippen LogP contribution in [0.3, 0.4) is 0 Å². The highest BCUT2D eigenvalue weighted by Gasteiger charge is 2.12. The number of nitrogens with one attached hydrogen (secondary N) is 1. The first kappa shape index (κ1) is 16.9. The van der Waals surface area contributed by atoms with Crippen LogP contribution in [0.4, 0.5) is 0 Å². The molecule has 104 valence electrons. The Balaban J connectivity index is 3.89. The van der Waals surface area contributed by atoms with Crippen LogP contribution in [-0.4, -0.2) is 50.8 Å². The van der Waals surface area contributed by atoms with Gasteiger partial charge in [0.25, 0.3) is 0 Å². The van der Waals surface area contributed by atoms with Crippen LogP contribution in [0.2, 0.25) is 0 Å². The first-order valence-corrected chi connectivity index (χ1v) is 7.09. The Bertz CT molecular complexity index is 160. The molecule has 0 aromatic heterocycles. The molecule has 0 fully saturated rings. The van der Waals surface area contributed by atoms with Gasteiger partial charge in [-0.3, -0.25) is 4.90 Å². The van der Waals surface area contributed by atoms with Crippen LogP contribution in [-0.2, 0) is 4.74 Å². The smallest absolute Gasteiger partial charge is 0.0589 e. The van der Waals surface area contributed by atoms with E-state index in [2.05, 4.69) is 38.0 Å². The molecule has 0 radical (unpaired) electrons. The van der Waals surface area contributed by atoms with Gasteiger partial charge in [0.1, 0.15) is 0 Å². The van der Waals surface area contributed by atoms with E-state index in [0.717, 1.165) is 13.2 Å². The quantitative estimate of drug-likeness (QED) is 0.604. The van der Waals surface area contributed by atoms with Gasteiger partial charge < -0.3 is 10.1 Å². The minimum absolute atomic E-state index is 0.666. The van der Waals surface area contributed by atoms with Crippen molar-refractivity contribution in [3.05, 3.63) is 0 Å². The lowest BCUT2D eigenvalue weighted by Crippen LogP contribution is -2.37. The molecule has 0 aromatic carbocycles. The van der Waals surface area contributed by atoms with E-state index in [1.807, 2.05) is 0 Å². The molecule has 17 heavy (non-hydrogen) atoms. The zero-order chi connectivity index (χ0) is 13.1.